The molecule has 3 amide bonds. The Morgan fingerprint density at radius 3 is 2.47 bits per heavy atom. The number of hydrogen-bond acceptors (Lipinski definition) is 7. The summed E-state index contributed by atoms with van der Waals surface area (Å²) in [6.07, 6.45) is 2.62. The summed E-state index contributed by atoms with van der Waals surface area (Å²) in [6.45, 7) is 1.83. The van der Waals surface area contributed by atoms with Crippen LogP contribution in [0, 0.1) is 11.8 Å². The van der Waals surface area contributed by atoms with Crippen molar-refractivity contribution < 1.29 is 23.9 Å². The smallest absolute Gasteiger partial charge is 0.326 e. The van der Waals surface area contributed by atoms with Crippen LogP contribution in [0.2, 0.25) is 0 Å². The number of anilines is 1. The highest BCUT2D eigenvalue weighted by Gasteiger charge is 2.71. The SMILES string of the molecule is CCOC(=O)CN1C(=O)[C@]2(N[C@@H](CCSC)[C@H]3C(=O)N(Cc4ccccc4)C(=O)[C@@H]32)c2ccccc21. The summed E-state index contributed by atoms with van der Waals surface area (Å²) in [5.41, 5.74) is 0.635. The molecule has 188 valence electrons. The summed E-state index contributed by atoms with van der Waals surface area (Å²) >= 11 is 1.65. The molecule has 4 atom stereocenters. The maximum Gasteiger partial charge on any atom is 0.326 e. The van der Waals surface area contributed by atoms with Crippen LogP contribution in [-0.2, 0) is 36.0 Å². The molecule has 3 heterocycles. The number of carbonyl (C=O) groups is 4. The van der Waals surface area contributed by atoms with Crippen LogP contribution in [0.4, 0.5) is 5.69 Å². The van der Waals surface area contributed by atoms with E-state index >= 15 is 0 Å². The number of benzene rings is 2. The Bertz CT molecular complexity index is 1200. The first-order valence-electron chi connectivity index (χ1n) is 12.2. The van der Waals surface area contributed by atoms with Crippen LogP contribution < -0.4 is 10.2 Å². The molecule has 0 radical (unpaired) electrons. The predicted octanol–water partition coefficient (Wildman–Crippen LogP) is 2.32. The fourth-order valence-electron chi connectivity index (χ4n) is 5.91. The summed E-state index contributed by atoms with van der Waals surface area (Å²) in [5.74, 6) is -2.28. The number of carbonyl (C=O) groups excluding carboxylic acids is 4. The van der Waals surface area contributed by atoms with E-state index in [1.54, 1.807) is 30.8 Å². The third-order valence-electron chi connectivity index (χ3n) is 7.37. The minimum atomic E-state index is -1.41. The predicted molar refractivity (Wildman–Crippen MR) is 136 cm³/mol. The van der Waals surface area contributed by atoms with Crippen LogP contribution in [0.1, 0.15) is 24.5 Å². The molecule has 5 rings (SSSR count). The highest BCUT2D eigenvalue weighted by molar-refractivity contribution is 7.98. The van der Waals surface area contributed by atoms with Crippen molar-refractivity contribution in [2.45, 2.75) is 31.5 Å². The number of imide groups is 1. The van der Waals surface area contributed by atoms with E-state index in [2.05, 4.69) is 5.32 Å². The molecule has 9 heteroatoms. The molecule has 0 unspecified atom stereocenters. The zero-order valence-electron chi connectivity index (χ0n) is 20.3. The Labute approximate surface area is 214 Å². The number of hydrogen-bond donors (Lipinski definition) is 1. The Hall–Kier alpha value is -3.17. The van der Waals surface area contributed by atoms with Gasteiger partial charge in [-0.2, -0.15) is 11.8 Å². The normalized spacial score (nSPS) is 26.6. The van der Waals surface area contributed by atoms with E-state index in [-0.39, 0.29) is 43.5 Å². The summed E-state index contributed by atoms with van der Waals surface area (Å²) < 4.78 is 5.12. The van der Waals surface area contributed by atoms with Gasteiger partial charge in [-0.25, -0.2) is 0 Å². The van der Waals surface area contributed by atoms with E-state index in [9.17, 15) is 19.2 Å². The van der Waals surface area contributed by atoms with Gasteiger partial charge >= 0.3 is 5.97 Å². The van der Waals surface area contributed by atoms with E-state index in [1.165, 1.54) is 9.80 Å². The summed E-state index contributed by atoms with van der Waals surface area (Å²) in [4.78, 5) is 57.0. The first kappa shape index (κ1) is 24.5. The van der Waals surface area contributed by atoms with Gasteiger partial charge in [-0.05, 0) is 37.0 Å². The zero-order valence-corrected chi connectivity index (χ0v) is 21.1. The average molecular weight is 508 g/mol. The Kier molecular flexibility index (Phi) is 6.61. The molecular weight excluding hydrogens is 478 g/mol. The first-order valence-corrected chi connectivity index (χ1v) is 13.6. The minimum absolute atomic E-state index is 0.166. The quantitative estimate of drug-likeness (QED) is 0.433. The zero-order chi connectivity index (χ0) is 25.4. The maximum atomic E-state index is 14.2. The second-order valence-corrected chi connectivity index (χ2v) is 10.3. The third kappa shape index (κ3) is 3.72. The van der Waals surface area contributed by atoms with Crippen molar-refractivity contribution in [2.75, 3.05) is 30.1 Å². The van der Waals surface area contributed by atoms with Crippen molar-refractivity contribution in [3.63, 3.8) is 0 Å². The molecule has 2 saturated heterocycles. The van der Waals surface area contributed by atoms with Gasteiger partial charge in [0.05, 0.1) is 25.0 Å². The molecule has 0 bridgehead atoms. The van der Waals surface area contributed by atoms with Crippen LogP contribution in [-0.4, -0.2) is 59.8 Å². The van der Waals surface area contributed by atoms with E-state index in [1.807, 2.05) is 48.7 Å². The van der Waals surface area contributed by atoms with E-state index in [0.717, 1.165) is 11.3 Å². The molecule has 0 saturated carbocycles. The van der Waals surface area contributed by atoms with Crippen molar-refractivity contribution in [3.8, 4) is 0 Å². The van der Waals surface area contributed by atoms with Gasteiger partial charge in [-0.3, -0.25) is 34.3 Å². The fraction of sp³-hybridized carbons (Fsp3) is 0.407. The molecule has 3 aliphatic heterocycles. The van der Waals surface area contributed by atoms with Gasteiger partial charge in [0.25, 0.3) is 5.91 Å². The van der Waals surface area contributed by atoms with Gasteiger partial charge in [0.2, 0.25) is 11.8 Å². The maximum absolute atomic E-state index is 14.2. The van der Waals surface area contributed by atoms with Crippen LogP contribution in [0.15, 0.2) is 54.6 Å². The summed E-state index contributed by atoms with van der Waals surface area (Å²) in [5, 5.41) is 3.46. The second-order valence-electron chi connectivity index (χ2n) is 9.31. The molecular formula is C27H29N3O5S. The van der Waals surface area contributed by atoms with Crippen LogP contribution in [0.25, 0.3) is 0 Å². The van der Waals surface area contributed by atoms with Gasteiger partial charge in [0.15, 0.2) is 0 Å². The highest BCUT2D eigenvalue weighted by Crippen LogP contribution is 2.55. The average Bonchev–Trinajstić information content (AvgIpc) is 3.44. The number of nitrogens with zero attached hydrogens (tertiary/aromatic N) is 2. The number of fused-ring (bicyclic) bond motifs is 4. The summed E-state index contributed by atoms with van der Waals surface area (Å²) in [7, 11) is 0. The Morgan fingerprint density at radius 1 is 1.03 bits per heavy atom. The van der Waals surface area contributed by atoms with Crippen molar-refractivity contribution in [1.29, 1.82) is 0 Å². The molecule has 3 aliphatic rings. The number of para-hydroxylation sites is 1. The highest BCUT2D eigenvalue weighted by atomic mass is 32.2. The molecule has 0 aromatic heterocycles. The monoisotopic (exact) mass is 507 g/mol. The number of rotatable bonds is 8. The van der Waals surface area contributed by atoms with Crippen molar-refractivity contribution >= 4 is 41.1 Å². The number of esters is 1. The minimum Gasteiger partial charge on any atom is -0.465 e. The lowest BCUT2D eigenvalue weighted by atomic mass is 9.76. The third-order valence-corrected chi connectivity index (χ3v) is 8.01. The number of nitrogens with one attached hydrogen (secondary N) is 1. The largest absolute Gasteiger partial charge is 0.465 e. The summed E-state index contributed by atoms with van der Waals surface area (Å²) in [6, 6.07) is 16.2. The lowest BCUT2D eigenvalue weighted by Gasteiger charge is -2.30. The van der Waals surface area contributed by atoms with Gasteiger partial charge < -0.3 is 4.74 Å². The van der Waals surface area contributed by atoms with Crippen LogP contribution >= 0.6 is 11.8 Å². The van der Waals surface area contributed by atoms with Gasteiger partial charge in [-0.1, -0.05) is 48.5 Å². The molecule has 2 aromatic rings. The standard InChI is InChI=1S/C27H29N3O5S/c1-3-35-21(31)16-29-20-12-8-7-11-18(20)27(26(29)34)23-22(19(28-27)13-14-36-2)24(32)30(25(23)33)15-17-9-5-4-6-10-17/h4-12,19,22-23,28H,3,13-16H2,1-2H3/t19-,22+,23+,27-/m0/s1. The molecule has 36 heavy (non-hydrogen) atoms. The Balaban J connectivity index is 1.58. The number of likely N-dealkylation sites (tertiary alicyclic amines) is 1. The number of amides is 3. The van der Waals surface area contributed by atoms with Crippen molar-refractivity contribution in [1.82, 2.24) is 10.2 Å². The number of thioether (sulfide) groups is 1. The van der Waals surface area contributed by atoms with Crippen LogP contribution in [0.3, 0.4) is 0 Å². The molecule has 1 spiro atoms. The lowest BCUT2D eigenvalue weighted by Crippen LogP contribution is -2.55. The Morgan fingerprint density at radius 2 is 1.75 bits per heavy atom. The van der Waals surface area contributed by atoms with Crippen molar-refractivity contribution in [2.24, 2.45) is 11.8 Å². The van der Waals surface area contributed by atoms with Gasteiger partial charge in [0.1, 0.15) is 12.1 Å². The second kappa shape index (κ2) is 9.71. The van der Waals surface area contributed by atoms with E-state index in [4.69, 9.17) is 4.74 Å². The fourth-order valence-corrected chi connectivity index (χ4v) is 6.40. The molecule has 0 aliphatic carbocycles. The lowest BCUT2D eigenvalue weighted by molar-refractivity contribution is -0.144. The molecule has 2 fully saturated rings. The number of ether oxygens (including phenoxy) is 1. The molecule has 1 N–H and O–H groups in total. The molecule has 8 nitrogen and oxygen atoms in total. The van der Waals surface area contributed by atoms with E-state index < -0.39 is 23.3 Å². The van der Waals surface area contributed by atoms with E-state index in [0.29, 0.717) is 17.7 Å². The molecule has 2 aromatic carbocycles. The van der Waals surface area contributed by atoms with Crippen LogP contribution in [0.5, 0.6) is 0 Å². The first-order chi connectivity index (χ1) is 17.4. The van der Waals surface area contributed by atoms with Gasteiger partial charge in [-0.15, -0.1) is 0 Å². The van der Waals surface area contributed by atoms with Crippen molar-refractivity contribution in [3.05, 3.63) is 65.7 Å². The topological polar surface area (TPSA) is 96.0 Å². The van der Waals surface area contributed by atoms with Gasteiger partial charge in [0, 0.05) is 17.3 Å².